The number of para-hydroxylation sites is 3. The highest BCUT2D eigenvalue weighted by Crippen LogP contribution is 2.37. The fourth-order valence-corrected chi connectivity index (χ4v) is 8.31. The Hall–Kier alpha value is -7.83. The van der Waals surface area contributed by atoms with Crippen LogP contribution < -0.4 is 0 Å². The molecule has 0 aliphatic carbocycles. The summed E-state index contributed by atoms with van der Waals surface area (Å²) >= 11 is 0. The highest BCUT2D eigenvalue weighted by molar-refractivity contribution is 6.21. The third kappa shape index (κ3) is 5.61. The molecule has 3 aromatic heterocycles. The Kier molecular flexibility index (Phi) is 7.93. The van der Waals surface area contributed by atoms with Crippen molar-refractivity contribution in [3.63, 3.8) is 0 Å². The van der Waals surface area contributed by atoms with E-state index >= 15 is 0 Å². The van der Waals surface area contributed by atoms with Crippen LogP contribution in [0.25, 0.3) is 82.5 Å². The van der Waals surface area contributed by atoms with E-state index in [9.17, 15) is 0 Å². The average Bonchev–Trinajstić information content (AvgIpc) is 3.96. The van der Waals surface area contributed by atoms with Crippen LogP contribution in [0.5, 0.6) is 0 Å². The summed E-state index contributed by atoms with van der Waals surface area (Å²) in [7, 11) is 0. The summed E-state index contributed by atoms with van der Waals surface area (Å²) in [5.41, 5.74) is 11.7. The van der Waals surface area contributed by atoms with Gasteiger partial charge in [-0.1, -0.05) is 127 Å². The minimum absolute atomic E-state index is 0.387. The Bertz CT molecular complexity index is 3460. The normalized spacial score (nSPS) is 12.5. The molecule has 0 aliphatic heterocycles. The smallest absolute Gasteiger partial charge is 0.161 e. The van der Waals surface area contributed by atoms with E-state index in [1.165, 1.54) is 10.8 Å². The van der Waals surface area contributed by atoms with Crippen LogP contribution in [0.15, 0.2) is 206 Å². The maximum Gasteiger partial charge on any atom is 0.161 e. The van der Waals surface area contributed by atoms with Gasteiger partial charge in [0.1, 0.15) is 22.3 Å². The van der Waals surface area contributed by atoms with Crippen LogP contribution in [0.4, 0.5) is 0 Å². The van der Waals surface area contributed by atoms with E-state index in [2.05, 4.69) is 125 Å². The van der Waals surface area contributed by atoms with Crippen molar-refractivity contribution >= 4 is 84.1 Å². The van der Waals surface area contributed by atoms with Crippen LogP contribution >= 0.6 is 0 Å². The lowest BCUT2D eigenvalue weighted by Gasteiger charge is -2.11. The SMILES string of the molecule is C=NC(=NC(=NCc1cccc(-n2c3ccccc3c3ccc(-c4ccc5c(c4)oc4ccccc45)cc32)c1)c1cccc2oc3ccccc3c12)c1ccccc1. The first-order valence-corrected chi connectivity index (χ1v) is 19.3. The number of aliphatic imine (C=N–C) groups is 3. The predicted molar refractivity (Wildman–Crippen MR) is 240 cm³/mol. The van der Waals surface area contributed by atoms with Crippen molar-refractivity contribution in [3.8, 4) is 16.8 Å². The Labute approximate surface area is 333 Å². The van der Waals surface area contributed by atoms with Gasteiger partial charge in [0.2, 0.25) is 0 Å². The van der Waals surface area contributed by atoms with Crippen molar-refractivity contribution in [2.75, 3.05) is 0 Å². The van der Waals surface area contributed by atoms with Crippen LogP contribution in [-0.2, 0) is 6.54 Å². The second-order valence-electron chi connectivity index (χ2n) is 14.4. The van der Waals surface area contributed by atoms with Crippen LogP contribution in [0.3, 0.4) is 0 Å². The summed E-state index contributed by atoms with van der Waals surface area (Å²) in [5, 5.41) is 6.61. The molecule has 3 heterocycles. The number of fused-ring (bicyclic) bond motifs is 9. The molecule has 0 unspecified atom stereocenters. The van der Waals surface area contributed by atoms with E-state index in [4.69, 9.17) is 18.8 Å². The third-order valence-corrected chi connectivity index (χ3v) is 11.0. The number of rotatable bonds is 6. The van der Waals surface area contributed by atoms with Crippen LogP contribution in [0, 0.1) is 0 Å². The second kappa shape index (κ2) is 13.7. The van der Waals surface area contributed by atoms with Crippen molar-refractivity contribution in [1.82, 2.24) is 4.57 Å². The Morgan fingerprint density at radius 1 is 0.483 bits per heavy atom. The zero-order valence-corrected chi connectivity index (χ0v) is 31.3. The lowest BCUT2D eigenvalue weighted by Crippen LogP contribution is -2.06. The van der Waals surface area contributed by atoms with Gasteiger partial charge < -0.3 is 13.4 Å². The van der Waals surface area contributed by atoms with E-state index in [1.807, 2.05) is 72.8 Å². The minimum Gasteiger partial charge on any atom is -0.456 e. The Morgan fingerprint density at radius 2 is 1.12 bits per heavy atom. The van der Waals surface area contributed by atoms with Crippen molar-refractivity contribution in [3.05, 3.63) is 199 Å². The summed E-state index contributed by atoms with van der Waals surface area (Å²) in [6, 6.07) is 62.6. The van der Waals surface area contributed by atoms with E-state index in [-0.39, 0.29) is 0 Å². The molecule has 0 amide bonds. The molecule has 11 rings (SSSR count). The van der Waals surface area contributed by atoms with E-state index in [0.717, 1.165) is 88.4 Å². The molecule has 0 atom stereocenters. The number of nitrogens with zero attached hydrogens (tertiary/aromatic N) is 4. The van der Waals surface area contributed by atoms with Gasteiger partial charge in [-0.05, 0) is 78.0 Å². The van der Waals surface area contributed by atoms with Gasteiger partial charge in [-0.25, -0.2) is 9.98 Å². The first-order valence-electron chi connectivity index (χ1n) is 19.3. The highest BCUT2D eigenvalue weighted by atomic mass is 16.3. The average molecular weight is 747 g/mol. The summed E-state index contributed by atoms with van der Waals surface area (Å²) in [5.74, 6) is 1.05. The number of hydrogen-bond donors (Lipinski definition) is 0. The van der Waals surface area contributed by atoms with Gasteiger partial charge in [0.25, 0.3) is 0 Å². The number of furan rings is 2. The summed E-state index contributed by atoms with van der Waals surface area (Å²) < 4.78 is 14.9. The fraction of sp³-hybridized carbons (Fsp3) is 0.0192. The maximum absolute atomic E-state index is 6.27. The molecule has 11 aromatic rings. The molecular weight excluding hydrogens is 713 g/mol. The molecule has 0 radical (unpaired) electrons. The summed E-state index contributed by atoms with van der Waals surface area (Å²) in [4.78, 5) is 14.7. The van der Waals surface area contributed by atoms with Crippen molar-refractivity contribution < 1.29 is 8.83 Å². The first-order chi connectivity index (χ1) is 28.7. The standard InChI is InChI=1S/C52H34N4O2/c1-53-51(34-14-3-2-4-15-34)55-52(43-20-12-24-48-50(43)42-19-7-10-23-47(42)57-48)54-32-33-13-11-16-37(29-33)56-44-21-8-5-17-38(44)39-27-25-35(30-45(39)56)36-26-28-41-40-18-6-9-22-46(40)58-49(41)31-36/h2-31H,1,32H2. The molecule has 274 valence electrons. The van der Waals surface area contributed by atoms with Crippen LogP contribution in [0.2, 0.25) is 0 Å². The van der Waals surface area contributed by atoms with Crippen molar-refractivity contribution in [2.45, 2.75) is 6.54 Å². The molecule has 0 spiro atoms. The number of aromatic nitrogens is 1. The molecule has 6 nitrogen and oxygen atoms in total. The molecule has 0 fully saturated rings. The molecule has 6 heteroatoms. The first kappa shape index (κ1) is 33.5. The van der Waals surface area contributed by atoms with E-state index < -0.39 is 0 Å². The van der Waals surface area contributed by atoms with E-state index in [0.29, 0.717) is 18.2 Å². The van der Waals surface area contributed by atoms with Gasteiger partial charge in [-0.3, -0.25) is 4.99 Å². The molecule has 58 heavy (non-hydrogen) atoms. The zero-order chi connectivity index (χ0) is 38.6. The van der Waals surface area contributed by atoms with Gasteiger partial charge in [0, 0.05) is 49.1 Å². The zero-order valence-electron chi connectivity index (χ0n) is 31.3. The quantitative estimate of drug-likeness (QED) is 0.126. The Balaban J connectivity index is 1.03. The number of amidine groups is 2. The second-order valence-corrected chi connectivity index (χ2v) is 14.4. The van der Waals surface area contributed by atoms with Crippen LogP contribution in [0.1, 0.15) is 16.7 Å². The van der Waals surface area contributed by atoms with Gasteiger partial charge in [-0.15, -0.1) is 0 Å². The number of benzene rings is 8. The topological polar surface area (TPSA) is 68.3 Å². The van der Waals surface area contributed by atoms with Crippen molar-refractivity contribution in [1.29, 1.82) is 0 Å². The molecule has 0 saturated carbocycles. The van der Waals surface area contributed by atoms with Gasteiger partial charge in [0.15, 0.2) is 11.7 Å². The summed E-state index contributed by atoms with van der Waals surface area (Å²) in [6.07, 6.45) is 0. The molecule has 0 N–H and O–H groups in total. The summed E-state index contributed by atoms with van der Waals surface area (Å²) in [6.45, 7) is 4.27. The van der Waals surface area contributed by atoms with Gasteiger partial charge in [-0.2, -0.15) is 0 Å². The van der Waals surface area contributed by atoms with E-state index in [1.54, 1.807) is 0 Å². The Morgan fingerprint density at radius 3 is 1.97 bits per heavy atom. The lowest BCUT2D eigenvalue weighted by molar-refractivity contribution is 0.668. The fourth-order valence-electron chi connectivity index (χ4n) is 8.31. The molecule has 8 aromatic carbocycles. The largest absolute Gasteiger partial charge is 0.456 e. The molecule has 0 saturated heterocycles. The number of hydrogen-bond acceptors (Lipinski definition) is 3. The molecule has 0 aliphatic rings. The maximum atomic E-state index is 6.27. The lowest BCUT2D eigenvalue weighted by atomic mass is 10.0. The predicted octanol–water partition coefficient (Wildman–Crippen LogP) is 13.3. The monoisotopic (exact) mass is 746 g/mol. The van der Waals surface area contributed by atoms with Crippen molar-refractivity contribution in [2.24, 2.45) is 15.0 Å². The van der Waals surface area contributed by atoms with Gasteiger partial charge >= 0.3 is 0 Å². The molecule has 0 bridgehead atoms. The highest BCUT2D eigenvalue weighted by Gasteiger charge is 2.18. The van der Waals surface area contributed by atoms with Crippen LogP contribution in [-0.4, -0.2) is 23.0 Å². The third-order valence-electron chi connectivity index (χ3n) is 11.0. The van der Waals surface area contributed by atoms with Gasteiger partial charge in [0.05, 0.1) is 17.6 Å². The molecular formula is C52H34N4O2. The minimum atomic E-state index is 0.387.